The van der Waals surface area contributed by atoms with Crippen molar-refractivity contribution in [3.05, 3.63) is 16.8 Å². The highest BCUT2D eigenvalue weighted by Gasteiger charge is 2.35. The van der Waals surface area contributed by atoms with Gasteiger partial charge in [-0.2, -0.15) is 0 Å². The summed E-state index contributed by atoms with van der Waals surface area (Å²) in [6, 6.07) is 0. The summed E-state index contributed by atoms with van der Waals surface area (Å²) in [6.45, 7) is 0. The van der Waals surface area contributed by atoms with Crippen LogP contribution in [0.25, 0.3) is 0 Å². The fourth-order valence-corrected chi connectivity index (χ4v) is 1.14. The smallest absolute Gasteiger partial charge is 0.401 e. The second kappa shape index (κ2) is 4.28. The Morgan fingerprint density at radius 1 is 1.38 bits per heavy atom. The highest BCUT2D eigenvalue weighted by atomic mass is 35.5. The predicted molar refractivity (Wildman–Crippen MR) is 45.3 cm³/mol. The maximum Gasteiger partial charge on any atom is 0.573 e. The Bertz CT molecular complexity index is 395. The molecule has 90 valence electrons. The summed E-state index contributed by atoms with van der Waals surface area (Å²) in [6.07, 6.45) is -7.68. The van der Waals surface area contributed by atoms with Gasteiger partial charge < -0.3 is 10.5 Å². The van der Waals surface area contributed by atoms with Crippen LogP contribution in [0.3, 0.4) is 0 Å². The van der Waals surface area contributed by atoms with Gasteiger partial charge in [-0.15, -0.1) is 13.2 Å². The molecule has 0 fully saturated rings. The summed E-state index contributed by atoms with van der Waals surface area (Å²) in [4.78, 5) is 3.19. The molecule has 1 aromatic heterocycles. The average Bonchev–Trinajstić information content (AvgIpc) is 2.08. The summed E-state index contributed by atoms with van der Waals surface area (Å²) in [5.74, 6) is -2.08. The lowest BCUT2D eigenvalue weighted by Crippen LogP contribution is -2.19. The van der Waals surface area contributed by atoms with E-state index in [2.05, 4.69) is 9.72 Å². The SMILES string of the molecule is Nc1ncc(Cl)c(C(F)F)c1OC(F)(F)F. The minimum absolute atomic E-state index is 0.650. The van der Waals surface area contributed by atoms with Crippen molar-refractivity contribution in [3.8, 4) is 5.75 Å². The first kappa shape index (κ1) is 12.8. The number of aromatic nitrogens is 1. The van der Waals surface area contributed by atoms with Gasteiger partial charge in [0, 0.05) is 6.20 Å². The van der Waals surface area contributed by atoms with E-state index in [0.29, 0.717) is 0 Å². The Balaban J connectivity index is 3.29. The largest absolute Gasteiger partial charge is 0.573 e. The summed E-state index contributed by atoms with van der Waals surface area (Å²) in [5, 5.41) is -0.650. The zero-order valence-electron chi connectivity index (χ0n) is 7.36. The quantitative estimate of drug-likeness (QED) is 0.833. The normalized spacial score (nSPS) is 11.9. The Kier molecular flexibility index (Phi) is 3.41. The number of nitrogens with zero attached hydrogens (tertiary/aromatic N) is 1. The van der Waals surface area contributed by atoms with E-state index >= 15 is 0 Å². The van der Waals surface area contributed by atoms with Gasteiger partial charge in [0.05, 0.1) is 10.6 Å². The number of pyridine rings is 1. The third-order valence-electron chi connectivity index (χ3n) is 1.49. The monoisotopic (exact) mass is 262 g/mol. The number of hydrogen-bond acceptors (Lipinski definition) is 3. The van der Waals surface area contributed by atoms with Gasteiger partial charge in [-0.25, -0.2) is 13.8 Å². The van der Waals surface area contributed by atoms with Gasteiger partial charge in [0.15, 0.2) is 11.6 Å². The number of ether oxygens (including phenoxy) is 1. The van der Waals surface area contributed by atoms with E-state index in [1.165, 1.54) is 0 Å². The lowest BCUT2D eigenvalue weighted by Gasteiger charge is -2.15. The Morgan fingerprint density at radius 2 is 1.94 bits per heavy atom. The summed E-state index contributed by atoms with van der Waals surface area (Å²) in [5.41, 5.74) is 3.87. The molecule has 1 rings (SSSR count). The molecule has 0 spiro atoms. The first-order valence-electron chi connectivity index (χ1n) is 3.70. The van der Waals surface area contributed by atoms with E-state index in [4.69, 9.17) is 17.3 Å². The molecule has 0 bridgehead atoms. The summed E-state index contributed by atoms with van der Waals surface area (Å²) in [7, 11) is 0. The molecule has 0 aliphatic carbocycles. The zero-order valence-corrected chi connectivity index (χ0v) is 8.11. The van der Waals surface area contributed by atoms with Gasteiger partial charge in [-0.1, -0.05) is 11.6 Å². The van der Waals surface area contributed by atoms with Gasteiger partial charge in [-0.05, 0) is 0 Å². The van der Waals surface area contributed by atoms with Gasteiger partial charge in [0.2, 0.25) is 0 Å². The van der Waals surface area contributed by atoms with Gasteiger partial charge in [0.1, 0.15) is 0 Å². The van der Waals surface area contributed by atoms with Crippen molar-refractivity contribution < 1.29 is 26.7 Å². The Morgan fingerprint density at radius 3 is 2.38 bits per heavy atom. The third-order valence-corrected chi connectivity index (χ3v) is 1.79. The maximum atomic E-state index is 12.4. The molecule has 1 heterocycles. The van der Waals surface area contributed by atoms with Crippen LogP contribution >= 0.6 is 11.6 Å². The highest BCUT2D eigenvalue weighted by molar-refractivity contribution is 6.31. The number of rotatable bonds is 2. The van der Waals surface area contributed by atoms with E-state index in [1.807, 2.05) is 0 Å². The number of hydrogen-bond donors (Lipinski definition) is 1. The molecule has 1 aromatic rings. The number of alkyl halides is 5. The third kappa shape index (κ3) is 2.84. The van der Waals surface area contributed by atoms with Gasteiger partial charge in [-0.3, -0.25) is 0 Å². The standard InChI is InChI=1S/C7H4ClF5N2O/c8-2-1-15-6(14)4(3(2)5(9)10)16-7(11,12)13/h1,5H,(H2,14,15). The molecule has 16 heavy (non-hydrogen) atoms. The fraction of sp³-hybridized carbons (Fsp3) is 0.286. The molecule has 0 radical (unpaired) electrons. The highest BCUT2D eigenvalue weighted by Crippen LogP contribution is 2.40. The average molecular weight is 263 g/mol. The summed E-state index contributed by atoms with van der Waals surface area (Å²) >= 11 is 5.28. The molecule has 0 amide bonds. The van der Waals surface area contributed by atoms with Crippen LogP contribution in [0.2, 0.25) is 5.02 Å². The van der Waals surface area contributed by atoms with E-state index in [-0.39, 0.29) is 0 Å². The van der Waals surface area contributed by atoms with Gasteiger partial charge >= 0.3 is 6.36 Å². The van der Waals surface area contributed by atoms with Crippen molar-refractivity contribution >= 4 is 17.4 Å². The maximum absolute atomic E-state index is 12.4. The van der Waals surface area contributed by atoms with Crippen LogP contribution in [-0.4, -0.2) is 11.3 Å². The van der Waals surface area contributed by atoms with Crippen molar-refractivity contribution in [2.24, 2.45) is 0 Å². The lowest BCUT2D eigenvalue weighted by atomic mass is 10.2. The zero-order chi connectivity index (χ0) is 12.5. The first-order valence-corrected chi connectivity index (χ1v) is 4.08. The molecule has 0 aliphatic heterocycles. The van der Waals surface area contributed by atoms with Crippen LogP contribution in [-0.2, 0) is 0 Å². The molecule has 3 nitrogen and oxygen atoms in total. The molecule has 0 unspecified atom stereocenters. The Hall–Kier alpha value is -1.31. The van der Waals surface area contributed by atoms with Crippen LogP contribution in [0.1, 0.15) is 12.0 Å². The molecule has 9 heteroatoms. The minimum Gasteiger partial charge on any atom is -0.401 e. The summed E-state index contributed by atoms with van der Waals surface area (Å²) < 4.78 is 63.9. The molecule has 0 aromatic carbocycles. The van der Waals surface area contributed by atoms with E-state index in [0.717, 1.165) is 6.20 Å². The fourth-order valence-electron chi connectivity index (χ4n) is 0.927. The van der Waals surface area contributed by atoms with Crippen molar-refractivity contribution in [2.75, 3.05) is 5.73 Å². The number of nitrogens with two attached hydrogens (primary N) is 1. The van der Waals surface area contributed by atoms with E-state index < -0.39 is 34.9 Å². The molecule has 2 N–H and O–H groups in total. The van der Waals surface area contributed by atoms with Crippen LogP contribution < -0.4 is 10.5 Å². The van der Waals surface area contributed by atoms with E-state index in [9.17, 15) is 22.0 Å². The van der Waals surface area contributed by atoms with Crippen molar-refractivity contribution in [2.45, 2.75) is 12.8 Å². The Labute approximate surface area is 91.0 Å². The van der Waals surface area contributed by atoms with E-state index in [1.54, 1.807) is 0 Å². The van der Waals surface area contributed by atoms with Crippen molar-refractivity contribution in [3.63, 3.8) is 0 Å². The van der Waals surface area contributed by atoms with Crippen LogP contribution in [0.15, 0.2) is 6.20 Å². The molecule has 0 saturated heterocycles. The predicted octanol–water partition coefficient (Wildman–Crippen LogP) is 3.15. The topological polar surface area (TPSA) is 48.1 Å². The molecule has 0 atom stereocenters. The van der Waals surface area contributed by atoms with Gasteiger partial charge in [0.25, 0.3) is 6.43 Å². The number of halogens is 6. The second-order valence-electron chi connectivity index (χ2n) is 2.58. The number of anilines is 1. The molecular formula is C7H4ClF5N2O. The molecular weight excluding hydrogens is 259 g/mol. The van der Waals surface area contributed by atoms with Crippen LogP contribution in [0, 0.1) is 0 Å². The minimum atomic E-state index is -5.15. The number of nitrogen functional groups attached to an aromatic ring is 1. The first-order chi connectivity index (χ1) is 7.22. The second-order valence-corrected chi connectivity index (χ2v) is 2.99. The molecule has 0 saturated carbocycles. The molecule has 0 aliphatic rings. The van der Waals surface area contributed by atoms with Crippen molar-refractivity contribution in [1.29, 1.82) is 0 Å². The lowest BCUT2D eigenvalue weighted by molar-refractivity contribution is -0.275. The van der Waals surface area contributed by atoms with Crippen LogP contribution in [0.4, 0.5) is 27.8 Å². The van der Waals surface area contributed by atoms with Crippen molar-refractivity contribution in [1.82, 2.24) is 4.98 Å². The van der Waals surface area contributed by atoms with Crippen LogP contribution in [0.5, 0.6) is 5.75 Å².